The molecule has 0 fully saturated rings. The fourth-order valence-corrected chi connectivity index (χ4v) is 1.60. The normalized spacial score (nSPS) is 10.5. The Labute approximate surface area is 92.6 Å². The number of aromatic amines is 1. The maximum atomic E-state index is 4.21. The van der Waals surface area contributed by atoms with Gasteiger partial charge in [0.15, 0.2) is 5.82 Å². The van der Waals surface area contributed by atoms with E-state index in [-0.39, 0.29) is 0 Å². The number of nitrogens with one attached hydrogen (secondary N) is 1. The fraction of sp³-hybridized carbons (Fsp3) is 0. The van der Waals surface area contributed by atoms with E-state index in [1.807, 2.05) is 48.7 Å². The highest BCUT2D eigenvalue weighted by atomic mass is 15.3. The average Bonchev–Trinajstić information content (AvgIpc) is 3.01. The van der Waals surface area contributed by atoms with Crippen LogP contribution < -0.4 is 0 Å². The van der Waals surface area contributed by atoms with Gasteiger partial charge < -0.3 is 0 Å². The minimum absolute atomic E-state index is 0.795. The largest absolute Gasteiger partial charge is 0.276 e. The third-order valence-corrected chi connectivity index (χ3v) is 2.39. The van der Waals surface area contributed by atoms with Crippen molar-refractivity contribution in [1.82, 2.24) is 20.0 Å². The van der Waals surface area contributed by atoms with Crippen LogP contribution in [0.5, 0.6) is 0 Å². The SMILES string of the molecule is c1ccc(-c2cc(-n3cccn3)n[nH]2)cc1. The van der Waals surface area contributed by atoms with Crippen molar-refractivity contribution in [2.24, 2.45) is 0 Å². The lowest BCUT2D eigenvalue weighted by Crippen LogP contribution is -1.93. The van der Waals surface area contributed by atoms with Crippen molar-refractivity contribution < 1.29 is 0 Å². The van der Waals surface area contributed by atoms with Gasteiger partial charge in [-0.15, -0.1) is 0 Å². The molecule has 2 heterocycles. The quantitative estimate of drug-likeness (QED) is 0.705. The van der Waals surface area contributed by atoms with Crippen LogP contribution in [-0.2, 0) is 0 Å². The highest BCUT2D eigenvalue weighted by Crippen LogP contribution is 2.17. The molecule has 0 atom stereocenters. The highest BCUT2D eigenvalue weighted by Gasteiger charge is 2.04. The summed E-state index contributed by atoms with van der Waals surface area (Å²) in [5.41, 5.74) is 2.11. The number of hydrogen-bond donors (Lipinski definition) is 1. The molecule has 1 aromatic carbocycles. The monoisotopic (exact) mass is 210 g/mol. The standard InChI is InChI=1S/C12H10N4/c1-2-5-10(6-3-1)11-9-12(15-14-11)16-8-4-7-13-16/h1-9H,(H,14,15). The van der Waals surface area contributed by atoms with E-state index in [0.29, 0.717) is 0 Å². The van der Waals surface area contributed by atoms with Crippen LogP contribution in [0.15, 0.2) is 54.9 Å². The van der Waals surface area contributed by atoms with Crippen LogP contribution in [0.2, 0.25) is 0 Å². The van der Waals surface area contributed by atoms with Gasteiger partial charge >= 0.3 is 0 Å². The first kappa shape index (κ1) is 8.91. The minimum atomic E-state index is 0.795. The Morgan fingerprint density at radius 2 is 1.94 bits per heavy atom. The molecule has 78 valence electrons. The second-order valence-electron chi connectivity index (χ2n) is 3.46. The molecule has 4 nitrogen and oxygen atoms in total. The Bertz CT molecular complexity index is 566. The van der Waals surface area contributed by atoms with Crippen LogP contribution in [0.1, 0.15) is 0 Å². The molecule has 4 heteroatoms. The smallest absolute Gasteiger partial charge is 0.175 e. The first-order chi connectivity index (χ1) is 7.93. The molecule has 0 saturated heterocycles. The van der Waals surface area contributed by atoms with Gasteiger partial charge in [0, 0.05) is 18.5 Å². The summed E-state index contributed by atoms with van der Waals surface area (Å²) in [6.07, 6.45) is 3.60. The topological polar surface area (TPSA) is 46.5 Å². The number of nitrogens with zero attached hydrogens (tertiary/aromatic N) is 3. The van der Waals surface area contributed by atoms with Gasteiger partial charge in [-0.1, -0.05) is 30.3 Å². The zero-order valence-corrected chi connectivity index (χ0v) is 8.54. The summed E-state index contributed by atoms with van der Waals surface area (Å²) in [4.78, 5) is 0. The molecule has 0 aliphatic rings. The van der Waals surface area contributed by atoms with Gasteiger partial charge in [-0.2, -0.15) is 10.2 Å². The zero-order chi connectivity index (χ0) is 10.8. The van der Waals surface area contributed by atoms with E-state index in [1.54, 1.807) is 10.9 Å². The Balaban J connectivity index is 2.00. The van der Waals surface area contributed by atoms with E-state index >= 15 is 0 Å². The number of aromatic nitrogens is 4. The van der Waals surface area contributed by atoms with Gasteiger partial charge in [-0.25, -0.2) is 4.68 Å². The van der Waals surface area contributed by atoms with Crippen molar-refractivity contribution in [2.45, 2.75) is 0 Å². The number of H-pyrrole nitrogens is 1. The van der Waals surface area contributed by atoms with Crippen molar-refractivity contribution in [3.8, 4) is 17.1 Å². The maximum Gasteiger partial charge on any atom is 0.175 e. The molecule has 0 spiro atoms. The molecular weight excluding hydrogens is 200 g/mol. The van der Waals surface area contributed by atoms with Crippen LogP contribution in [0, 0.1) is 0 Å². The maximum absolute atomic E-state index is 4.21. The second kappa shape index (κ2) is 3.66. The van der Waals surface area contributed by atoms with Gasteiger partial charge in [0.25, 0.3) is 0 Å². The summed E-state index contributed by atoms with van der Waals surface area (Å²) in [5, 5.41) is 11.3. The van der Waals surface area contributed by atoms with Crippen LogP contribution >= 0.6 is 0 Å². The Morgan fingerprint density at radius 1 is 1.06 bits per heavy atom. The third-order valence-electron chi connectivity index (χ3n) is 2.39. The molecular formula is C12H10N4. The summed E-state index contributed by atoms with van der Waals surface area (Å²) in [7, 11) is 0. The Kier molecular flexibility index (Phi) is 2.04. The highest BCUT2D eigenvalue weighted by molar-refractivity contribution is 5.60. The summed E-state index contributed by atoms with van der Waals surface area (Å²) < 4.78 is 1.73. The Hall–Kier alpha value is -2.36. The van der Waals surface area contributed by atoms with E-state index in [4.69, 9.17) is 0 Å². The molecule has 3 rings (SSSR count). The lowest BCUT2D eigenvalue weighted by atomic mass is 10.2. The first-order valence-corrected chi connectivity index (χ1v) is 5.04. The molecule has 0 aliphatic heterocycles. The predicted molar refractivity (Wildman–Crippen MR) is 61.1 cm³/mol. The van der Waals surface area contributed by atoms with Crippen LogP contribution in [0.4, 0.5) is 0 Å². The summed E-state index contributed by atoms with van der Waals surface area (Å²) in [6.45, 7) is 0. The molecule has 2 aromatic heterocycles. The first-order valence-electron chi connectivity index (χ1n) is 5.04. The average molecular weight is 210 g/mol. The number of hydrogen-bond acceptors (Lipinski definition) is 2. The van der Waals surface area contributed by atoms with Crippen LogP contribution in [-0.4, -0.2) is 20.0 Å². The third kappa shape index (κ3) is 1.50. The molecule has 0 amide bonds. The summed E-state index contributed by atoms with van der Waals surface area (Å²) >= 11 is 0. The second-order valence-corrected chi connectivity index (χ2v) is 3.46. The Morgan fingerprint density at radius 3 is 2.69 bits per heavy atom. The predicted octanol–water partition coefficient (Wildman–Crippen LogP) is 2.26. The van der Waals surface area contributed by atoms with E-state index in [0.717, 1.165) is 17.1 Å². The van der Waals surface area contributed by atoms with Crippen molar-refractivity contribution in [3.63, 3.8) is 0 Å². The van der Waals surface area contributed by atoms with Crippen molar-refractivity contribution in [2.75, 3.05) is 0 Å². The van der Waals surface area contributed by atoms with Crippen LogP contribution in [0.25, 0.3) is 17.1 Å². The van der Waals surface area contributed by atoms with E-state index < -0.39 is 0 Å². The molecule has 16 heavy (non-hydrogen) atoms. The summed E-state index contributed by atoms with van der Waals surface area (Å²) in [5.74, 6) is 0.795. The lowest BCUT2D eigenvalue weighted by Gasteiger charge is -1.94. The molecule has 0 unspecified atom stereocenters. The van der Waals surface area contributed by atoms with E-state index in [2.05, 4.69) is 15.3 Å². The number of rotatable bonds is 2. The van der Waals surface area contributed by atoms with Gasteiger partial charge in [-0.05, 0) is 11.6 Å². The molecule has 0 saturated carbocycles. The molecule has 0 radical (unpaired) electrons. The summed E-state index contributed by atoms with van der Waals surface area (Å²) in [6, 6.07) is 13.9. The molecule has 0 bridgehead atoms. The van der Waals surface area contributed by atoms with Crippen molar-refractivity contribution >= 4 is 0 Å². The number of benzene rings is 1. The molecule has 0 aliphatic carbocycles. The van der Waals surface area contributed by atoms with Gasteiger partial charge in [-0.3, -0.25) is 5.10 Å². The van der Waals surface area contributed by atoms with E-state index in [1.165, 1.54) is 0 Å². The minimum Gasteiger partial charge on any atom is -0.276 e. The fourth-order valence-electron chi connectivity index (χ4n) is 1.60. The van der Waals surface area contributed by atoms with Crippen molar-refractivity contribution in [1.29, 1.82) is 0 Å². The lowest BCUT2D eigenvalue weighted by molar-refractivity contribution is 0.836. The van der Waals surface area contributed by atoms with Gasteiger partial charge in [0.2, 0.25) is 0 Å². The molecule has 1 N–H and O–H groups in total. The van der Waals surface area contributed by atoms with Crippen LogP contribution in [0.3, 0.4) is 0 Å². The van der Waals surface area contributed by atoms with E-state index in [9.17, 15) is 0 Å². The molecule has 3 aromatic rings. The van der Waals surface area contributed by atoms with Gasteiger partial charge in [0.1, 0.15) is 0 Å². The van der Waals surface area contributed by atoms with Gasteiger partial charge in [0.05, 0.1) is 5.69 Å². The zero-order valence-electron chi connectivity index (χ0n) is 8.54. The van der Waals surface area contributed by atoms with Crippen molar-refractivity contribution in [3.05, 3.63) is 54.9 Å².